The Morgan fingerprint density at radius 1 is 1.34 bits per heavy atom. The number of carbonyl (C=O) groups excluding carboxylic acids is 1. The molecule has 0 saturated heterocycles. The molecule has 0 bridgehead atoms. The first-order valence-electron chi connectivity index (χ1n) is 10.4. The van der Waals surface area contributed by atoms with Crippen LogP contribution in [0.3, 0.4) is 0 Å². The number of carboxylic acids is 1. The second-order valence-electron chi connectivity index (χ2n) is 8.78. The Labute approximate surface area is 170 Å². The lowest BCUT2D eigenvalue weighted by molar-refractivity contribution is -0.139. The zero-order valence-electron chi connectivity index (χ0n) is 17.3. The standard InChI is InChI=1S/C21H29N5O3/c1-12(2)26-20-15(9-22-26)6-18(13(3)23-20)21(29)24-16-7-17(8-16)25(11-19(27)28)10-14-4-5-14/h6,9,12,14,16-17H,4-5,7-8,10-11H2,1-3H3,(H,24,29)(H,27,28). The molecule has 2 heterocycles. The number of fused-ring (bicyclic) bond motifs is 1. The van der Waals surface area contributed by atoms with Crippen LogP contribution in [-0.4, -0.2) is 61.8 Å². The van der Waals surface area contributed by atoms with E-state index in [1.165, 1.54) is 12.8 Å². The topological polar surface area (TPSA) is 100 Å². The molecule has 0 unspecified atom stereocenters. The molecule has 1 amide bonds. The maximum atomic E-state index is 12.8. The van der Waals surface area contributed by atoms with Crippen LogP contribution in [0.1, 0.15) is 61.6 Å². The van der Waals surface area contributed by atoms with E-state index in [4.69, 9.17) is 0 Å². The van der Waals surface area contributed by atoms with E-state index in [-0.39, 0.29) is 30.6 Å². The smallest absolute Gasteiger partial charge is 0.317 e. The van der Waals surface area contributed by atoms with Gasteiger partial charge in [-0.05, 0) is 58.4 Å². The summed E-state index contributed by atoms with van der Waals surface area (Å²) in [4.78, 5) is 30.7. The van der Waals surface area contributed by atoms with Crippen molar-refractivity contribution in [3.8, 4) is 0 Å². The number of aryl methyl sites for hydroxylation is 1. The number of hydrogen-bond acceptors (Lipinski definition) is 5. The molecular formula is C21H29N5O3. The van der Waals surface area contributed by atoms with E-state index in [1.54, 1.807) is 6.20 Å². The molecule has 2 N–H and O–H groups in total. The van der Waals surface area contributed by atoms with Crippen molar-refractivity contribution in [3.63, 3.8) is 0 Å². The molecule has 156 valence electrons. The number of rotatable bonds is 8. The fourth-order valence-electron chi connectivity index (χ4n) is 4.09. The Morgan fingerprint density at radius 3 is 2.69 bits per heavy atom. The summed E-state index contributed by atoms with van der Waals surface area (Å²) in [7, 11) is 0. The lowest BCUT2D eigenvalue weighted by Gasteiger charge is -2.42. The number of hydrogen-bond donors (Lipinski definition) is 2. The number of nitrogens with zero attached hydrogens (tertiary/aromatic N) is 4. The zero-order valence-corrected chi connectivity index (χ0v) is 17.3. The highest BCUT2D eigenvalue weighted by atomic mass is 16.4. The quantitative estimate of drug-likeness (QED) is 0.707. The zero-order chi connectivity index (χ0) is 20.7. The fourth-order valence-corrected chi connectivity index (χ4v) is 4.09. The summed E-state index contributed by atoms with van der Waals surface area (Å²) in [6.45, 7) is 6.89. The van der Waals surface area contributed by atoms with Gasteiger partial charge in [-0.3, -0.25) is 14.5 Å². The van der Waals surface area contributed by atoms with Crippen molar-refractivity contribution >= 4 is 22.9 Å². The molecule has 0 atom stereocenters. The summed E-state index contributed by atoms with van der Waals surface area (Å²) < 4.78 is 1.86. The predicted molar refractivity (Wildman–Crippen MR) is 109 cm³/mol. The third kappa shape index (κ3) is 4.27. The van der Waals surface area contributed by atoms with Gasteiger partial charge in [0, 0.05) is 30.1 Å². The highest BCUT2D eigenvalue weighted by molar-refractivity contribution is 5.98. The monoisotopic (exact) mass is 399 g/mol. The van der Waals surface area contributed by atoms with Crippen LogP contribution in [0.5, 0.6) is 0 Å². The van der Waals surface area contributed by atoms with E-state index in [9.17, 15) is 14.7 Å². The van der Waals surface area contributed by atoms with Crippen molar-refractivity contribution < 1.29 is 14.7 Å². The highest BCUT2D eigenvalue weighted by Crippen LogP contribution is 2.34. The maximum Gasteiger partial charge on any atom is 0.317 e. The first-order chi connectivity index (χ1) is 13.8. The number of pyridine rings is 1. The first-order valence-corrected chi connectivity index (χ1v) is 10.4. The Balaban J connectivity index is 1.39. The highest BCUT2D eigenvalue weighted by Gasteiger charge is 2.38. The van der Waals surface area contributed by atoms with Crippen LogP contribution in [0.15, 0.2) is 12.3 Å². The van der Waals surface area contributed by atoms with E-state index in [0.717, 1.165) is 30.4 Å². The molecule has 2 aromatic rings. The minimum Gasteiger partial charge on any atom is -0.480 e. The molecule has 8 nitrogen and oxygen atoms in total. The minimum absolute atomic E-state index is 0.0801. The molecule has 2 aromatic heterocycles. The lowest BCUT2D eigenvalue weighted by Crippen LogP contribution is -2.55. The van der Waals surface area contributed by atoms with Crippen molar-refractivity contribution in [1.82, 2.24) is 25.0 Å². The second-order valence-corrected chi connectivity index (χ2v) is 8.78. The molecular weight excluding hydrogens is 370 g/mol. The van der Waals surface area contributed by atoms with Gasteiger partial charge < -0.3 is 10.4 Å². The molecule has 0 aliphatic heterocycles. The average Bonchev–Trinajstić information content (AvgIpc) is 3.32. The summed E-state index contributed by atoms with van der Waals surface area (Å²) in [6.07, 6.45) is 5.74. The van der Waals surface area contributed by atoms with Crippen molar-refractivity contribution in [2.45, 2.75) is 64.6 Å². The molecule has 0 spiro atoms. The summed E-state index contributed by atoms with van der Waals surface area (Å²) in [5.41, 5.74) is 2.06. The summed E-state index contributed by atoms with van der Waals surface area (Å²) in [5.74, 6) is -0.255. The number of amides is 1. The molecule has 0 radical (unpaired) electrons. The number of carboxylic acid groups (broad SMARTS) is 1. The molecule has 4 rings (SSSR count). The Morgan fingerprint density at radius 2 is 2.07 bits per heavy atom. The van der Waals surface area contributed by atoms with E-state index in [0.29, 0.717) is 17.2 Å². The van der Waals surface area contributed by atoms with Gasteiger partial charge in [0.1, 0.15) is 0 Å². The van der Waals surface area contributed by atoms with Crippen LogP contribution in [0, 0.1) is 12.8 Å². The maximum absolute atomic E-state index is 12.8. The number of aromatic nitrogens is 3. The first kappa shape index (κ1) is 19.8. The van der Waals surface area contributed by atoms with Crippen LogP contribution in [-0.2, 0) is 4.79 Å². The van der Waals surface area contributed by atoms with Crippen LogP contribution >= 0.6 is 0 Å². The lowest BCUT2D eigenvalue weighted by atomic mass is 9.85. The molecule has 2 aliphatic carbocycles. The largest absolute Gasteiger partial charge is 0.480 e. The summed E-state index contributed by atoms with van der Waals surface area (Å²) in [5, 5.41) is 17.5. The van der Waals surface area contributed by atoms with Gasteiger partial charge in [0.2, 0.25) is 0 Å². The van der Waals surface area contributed by atoms with Gasteiger partial charge in [-0.1, -0.05) is 0 Å². The van der Waals surface area contributed by atoms with Crippen molar-refractivity contribution in [3.05, 3.63) is 23.5 Å². The van der Waals surface area contributed by atoms with Crippen LogP contribution < -0.4 is 5.32 Å². The normalized spacial score (nSPS) is 21.6. The third-order valence-corrected chi connectivity index (χ3v) is 5.99. The number of nitrogens with one attached hydrogen (secondary N) is 1. The average molecular weight is 399 g/mol. The SMILES string of the molecule is Cc1nc2c(cnn2C(C)C)cc1C(=O)NC1CC(N(CC(=O)O)CC2CC2)C1. The van der Waals surface area contributed by atoms with E-state index >= 15 is 0 Å². The molecule has 2 saturated carbocycles. The van der Waals surface area contributed by atoms with Crippen LogP contribution in [0.2, 0.25) is 0 Å². The van der Waals surface area contributed by atoms with Crippen molar-refractivity contribution in [2.24, 2.45) is 5.92 Å². The van der Waals surface area contributed by atoms with E-state index in [2.05, 4.69) is 20.3 Å². The number of carbonyl (C=O) groups is 2. The Bertz CT molecular complexity index is 928. The van der Waals surface area contributed by atoms with Crippen LogP contribution in [0.25, 0.3) is 11.0 Å². The molecule has 29 heavy (non-hydrogen) atoms. The fraction of sp³-hybridized carbons (Fsp3) is 0.619. The van der Waals surface area contributed by atoms with Gasteiger partial charge in [-0.25, -0.2) is 9.67 Å². The van der Waals surface area contributed by atoms with Gasteiger partial charge in [0.25, 0.3) is 5.91 Å². The van der Waals surface area contributed by atoms with Gasteiger partial charge in [0.05, 0.1) is 24.0 Å². The van der Waals surface area contributed by atoms with Gasteiger partial charge in [-0.2, -0.15) is 5.10 Å². The Kier molecular flexibility index (Phi) is 5.29. The number of aliphatic carboxylic acids is 1. The Hall–Kier alpha value is -2.48. The van der Waals surface area contributed by atoms with Crippen LogP contribution in [0.4, 0.5) is 0 Å². The van der Waals surface area contributed by atoms with Gasteiger partial charge in [0.15, 0.2) is 5.65 Å². The predicted octanol–water partition coefficient (Wildman–Crippen LogP) is 2.38. The summed E-state index contributed by atoms with van der Waals surface area (Å²) in [6, 6.07) is 2.38. The van der Waals surface area contributed by atoms with Crippen molar-refractivity contribution in [1.29, 1.82) is 0 Å². The molecule has 2 fully saturated rings. The van der Waals surface area contributed by atoms with Crippen molar-refractivity contribution in [2.75, 3.05) is 13.1 Å². The van der Waals surface area contributed by atoms with E-state index < -0.39 is 5.97 Å². The van der Waals surface area contributed by atoms with Gasteiger partial charge in [-0.15, -0.1) is 0 Å². The molecule has 0 aromatic carbocycles. The second kappa shape index (κ2) is 7.74. The minimum atomic E-state index is -0.782. The molecule has 8 heteroatoms. The molecule has 2 aliphatic rings. The third-order valence-electron chi connectivity index (χ3n) is 5.99. The van der Waals surface area contributed by atoms with E-state index in [1.807, 2.05) is 31.5 Å². The van der Waals surface area contributed by atoms with Gasteiger partial charge >= 0.3 is 5.97 Å². The summed E-state index contributed by atoms with van der Waals surface area (Å²) >= 11 is 0.